The van der Waals surface area contributed by atoms with Gasteiger partial charge in [0.15, 0.2) is 5.65 Å². The van der Waals surface area contributed by atoms with E-state index >= 15 is 0 Å². The van der Waals surface area contributed by atoms with Crippen LogP contribution in [0.2, 0.25) is 5.02 Å². The van der Waals surface area contributed by atoms with E-state index in [0.717, 1.165) is 28.8 Å². The SMILES string of the molecule is CC(C=O)c1ccnc2c(-c3ccc(Cl)cc3)cnn12. The van der Waals surface area contributed by atoms with Crippen molar-refractivity contribution in [3.63, 3.8) is 0 Å². The largest absolute Gasteiger partial charge is 0.303 e. The van der Waals surface area contributed by atoms with Crippen molar-refractivity contribution in [1.29, 1.82) is 0 Å². The summed E-state index contributed by atoms with van der Waals surface area (Å²) in [6.07, 6.45) is 4.36. The first-order chi connectivity index (χ1) is 9.70. The van der Waals surface area contributed by atoms with E-state index < -0.39 is 0 Å². The molecule has 3 aromatic rings. The first-order valence-electron chi connectivity index (χ1n) is 6.24. The van der Waals surface area contributed by atoms with Gasteiger partial charge in [-0.15, -0.1) is 0 Å². The third-order valence-electron chi connectivity index (χ3n) is 3.26. The number of aromatic nitrogens is 3. The molecule has 0 amide bonds. The summed E-state index contributed by atoms with van der Waals surface area (Å²) in [5.41, 5.74) is 3.47. The lowest BCUT2D eigenvalue weighted by atomic mass is 10.1. The van der Waals surface area contributed by atoms with Crippen LogP contribution in [0.3, 0.4) is 0 Å². The summed E-state index contributed by atoms with van der Waals surface area (Å²) < 4.78 is 1.71. The van der Waals surface area contributed by atoms with Crippen molar-refractivity contribution in [3.8, 4) is 11.1 Å². The van der Waals surface area contributed by atoms with E-state index in [1.165, 1.54) is 0 Å². The summed E-state index contributed by atoms with van der Waals surface area (Å²) in [6.45, 7) is 1.84. The maximum absolute atomic E-state index is 11.0. The summed E-state index contributed by atoms with van der Waals surface area (Å²) in [5.74, 6) is -0.224. The molecule has 1 unspecified atom stereocenters. The number of hydrogen-bond acceptors (Lipinski definition) is 3. The summed E-state index contributed by atoms with van der Waals surface area (Å²) in [4.78, 5) is 15.4. The van der Waals surface area contributed by atoms with Gasteiger partial charge < -0.3 is 4.79 Å². The van der Waals surface area contributed by atoms with Gasteiger partial charge in [-0.05, 0) is 23.8 Å². The summed E-state index contributed by atoms with van der Waals surface area (Å²) in [5, 5.41) is 5.04. The van der Waals surface area contributed by atoms with E-state index in [-0.39, 0.29) is 5.92 Å². The van der Waals surface area contributed by atoms with E-state index in [9.17, 15) is 4.79 Å². The fourth-order valence-corrected chi connectivity index (χ4v) is 2.28. The number of halogens is 1. The molecule has 2 aromatic heterocycles. The Bertz CT molecular complexity index is 764. The normalized spacial score (nSPS) is 12.5. The van der Waals surface area contributed by atoms with Crippen LogP contribution < -0.4 is 0 Å². The minimum absolute atomic E-state index is 0.224. The van der Waals surface area contributed by atoms with E-state index in [0.29, 0.717) is 5.02 Å². The van der Waals surface area contributed by atoms with Crippen LogP contribution in [0.4, 0.5) is 0 Å². The van der Waals surface area contributed by atoms with Crippen LogP contribution >= 0.6 is 11.6 Å². The predicted molar refractivity (Wildman–Crippen MR) is 77.9 cm³/mol. The van der Waals surface area contributed by atoms with Gasteiger partial charge in [-0.2, -0.15) is 5.10 Å². The summed E-state index contributed by atoms with van der Waals surface area (Å²) in [6, 6.07) is 9.33. The van der Waals surface area contributed by atoms with Gasteiger partial charge in [0.05, 0.1) is 17.8 Å². The lowest BCUT2D eigenvalue weighted by Crippen LogP contribution is -2.04. The molecule has 3 rings (SSSR count). The first kappa shape index (κ1) is 12.8. The molecule has 0 aliphatic carbocycles. The molecule has 0 aliphatic rings. The molecule has 0 bridgehead atoms. The maximum atomic E-state index is 11.0. The van der Waals surface area contributed by atoms with Crippen LogP contribution in [0.1, 0.15) is 18.5 Å². The molecule has 0 aliphatic heterocycles. The topological polar surface area (TPSA) is 47.3 Å². The second-order valence-electron chi connectivity index (χ2n) is 4.60. The van der Waals surface area contributed by atoms with Crippen molar-refractivity contribution < 1.29 is 4.79 Å². The van der Waals surface area contributed by atoms with Crippen molar-refractivity contribution in [2.75, 3.05) is 0 Å². The lowest BCUT2D eigenvalue weighted by Gasteiger charge is -2.06. The number of hydrogen-bond donors (Lipinski definition) is 0. The fraction of sp³-hybridized carbons (Fsp3) is 0.133. The number of rotatable bonds is 3. The Morgan fingerprint density at radius 1 is 1.25 bits per heavy atom. The smallest absolute Gasteiger partial charge is 0.163 e. The summed E-state index contributed by atoms with van der Waals surface area (Å²) in [7, 11) is 0. The maximum Gasteiger partial charge on any atom is 0.163 e. The Labute approximate surface area is 121 Å². The second kappa shape index (κ2) is 5.06. The van der Waals surface area contributed by atoms with Crippen molar-refractivity contribution in [2.24, 2.45) is 0 Å². The monoisotopic (exact) mass is 285 g/mol. The van der Waals surface area contributed by atoms with Crippen LogP contribution in [-0.4, -0.2) is 20.9 Å². The molecule has 1 aromatic carbocycles. The average Bonchev–Trinajstić information content (AvgIpc) is 2.91. The Kier molecular flexibility index (Phi) is 3.24. The third-order valence-corrected chi connectivity index (χ3v) is 3.51. The highest BCUT2D eigenvalue weighted by Crippen LogP contribution is 2.26. The summed E-state index contributed by atoms with van der Waals surface area (Å²) >= 11 is 5.90. The molecule has 1 atom stereocenters. The predicted octanol–water partition coefficient (Wildman–Crippen LogP) is 3.35. The zero-order chi connectivity index (χ0) is 14.1. The highest BCUT2D eigenvalue weighted by Gasteiger charge is 2.13. The Balaban J connectivity index is 2.19. The van der Waals surface area contributed by atoms with E-state index in [1.807, 2.05) is 37.3 Å². The third kappa shape index (κ3) is 2.08. The molecule has 0 radical (unpaired) electrons. The quantitative estimate of drug-likeness (QED) is 0.693. The molecular weight excluding hydrogens is 274 g/mol. The molecule has 0 saturated heterocycles. The Morgan fingerprint density at radius 3 is 2.70 bits per heavy atom. The molecule has 2 heterocycles. The number of carbonyl (C=O) groups is 1. The van der Waals surface area contributed by atoms with E-state index in [1.54, 1.807) is 16.9 Å². The van der Waals surface area contributed by atoms with Crippen molar-refractivity contribution in [1.82, 2.24) is 14.6 Å². The van der Waals surface area contributed by atoms with Gasteiger partial charge in [0.25, 0.3) is 0 Å². The van der Waals surface area contributed by atoms with Gasteiger partial charge in [-0.1, -0.05) is 30.7 Å². The number of nitrogens with zero attached hydrogens (tertiary/aromatic N) is 3. The molecule has 20 heavy (non-hydrogen) atoms. The molecule has 5 heteroatoms. The van der Waals surface area contributed by atoms with E-state index in [2.05, 4.69) is 10.1 Å². The zero-order valence-electron chi connectivity index (χ0n) is 10.8. The Morgan fingerprint density at radius 2 is 2.00 bits per heavy atom. The number of aldehydes is 1. The van der Waals surface area contributed by atoms with Crippen LogP contribution in [0.25, 0.3) is 16.8 Å². The van der Waals surface area contributed by atoms with Crippen LogP contribution in [-0.2, 0) is 4.79 Å². The second-order valence-corrected chi connectivity index (χ2v) is 5.03. The highest BCUT2D eigenvalue weighted by molar-refractivity contribution is 6.30. The van der Waals surface area contributed by atoms with Gasteiger partial charge in [0.1, 0.15) is 6.29 Å². The molecule has 0 spiro atoms. The van der Waals surface area contributed by atoms with Gasteiger partial charge in [0, 0.05) is 16.8 Å². The van der Waals surface area contributed by atoms with Gasteiger partial charge in [-0.25, -0.2) is 9.50 Å². The first-order valence-corrected chi connectivity index (χ1v) is 6.62. The van der Waals surface area contributed by atoms with Crippen molar-refractivity contribution in [2.45, 2.75) is 12.8 Å². The minimum atomic E-state index is -0.224. The Hall–Kier alpha value is -2.20. The fourth-order valence-electron chi connectivity index (χ4n) is 2.16. The molecule has 100 valence electrons. The molecular formula is C15H12ClN3O. The van der Waals surface area contributed by atoms with Crippen LogP contribution in [0.5, 0.6) is 0 Å². The van der Waals surface area contributed by atoms with Crippen molar-refractivity contribution in [3.05, 3.63) is 53.4 Å². The lowest BCUT2D eigenvalue weighted by molar-refractivity contribution is -0.108. The molecule has 0 fully saturated rings. The van der Waals surface area contributed by atoms with Crippen LogP contribution in [0.15, 0.2) is 42.7 Å². The molecule has 0 N–H and O–H groups in total. The number of carbonyl (C=O) groups excluding carboxylic acids is 1. The number of benzene rings is 1. The average molecular weight is 286 g/mol. The number of fused-ring (bicyclic) bond motifs is 1. The van der Waals surface area contributed by atoms with Gasteiger partial charge in [-0.3, -0.25) is 0 Å². The standard InChI is InChI=1S/C15H12ClN3O/c1-10(9-20)14-6-7-17-15-13(8-18-19(14)15)11-2-4-12(16)5-3-11/h2-10H,1H3. The van der Waals surface area contributed by atoms with Crippen molar-refractivity contribution >= 4 is 23.5 Å². The molecule has 4 nitrogen and oxygen atoms in total. The molecule has 0 saturated carbocycles. The zero-order valence-corrected chi connectivity index (χ0v) is 11.6. The highest BCUT2D eigenvalue weighted by atomic mass is 35.5. The van der Waals surface area contributed by atoms with E-state index in [4.69, 9.17) is 11.6 Å². The minimum Gasteiger partial charge on any atom is -0.303 e. The van der Waals surface area contributed by atoms with Gasteiger partial charge in [0.2, 0.25) is 0 Å². The van der Waals surface area contributed by atoms with Crippen LogP contribution in [0, 0.1) is 0 Å². The van der Waals surface area contributed by atoms with Gasteiger partial charge >= 0.3 is 0 Å².